The van der Waals surface area contributed by atoms with Crippen molar-refractivity contribution < 1.29 is 80.2 Å². The number of hydrogen-bond acceptors (Lipinski definition) is 15. The highest BCUT2D eigenvalue weighted by Crippen LogP contribution is 2.45. The van der Waals surface area contributed by atoms with Crippen molar-refractivity contribution in [1.29, 1.82) is 0 Å². The summed E-state index contributed by atoms with van der Waals surface area (Å²) in [6.45, 7) is 12.0. The first-order valence-corrected chi connectivity index (χ1v) is 46.8. The first kappa shape index (κ1) is 102. The van der Waals surface area contributed by atoms with Gasteiger partial charge in [-0.05, 0) is 43.4 Å². The number of carbonyl (C=O) groups is 4. The average molecular weight is 1520 g/mol. The highest BCUT2D eigenvalue weighted by Gasteiger charge is 2.30. The molecule has 0 aliphatic carbocycles. The Morgan fingerprint density at radius 3 is 0.654 bits per heavy atom. The lowest BCUT2D eigenvalue weighted by atomic mass is 10.0. The summed E-state index contributed by atoms with van der Waals surface area (Å²) in [6, 6.07) is 0. The van der Waals surface area contributed by atoms with Crippen molar-refractivity contribution in [3.8, 4) is 0 Å². The summed E-state index contributed by atoms with van der Waals surface area (Å²) in [7, 11) is -9.93. The van der Waals surface area contributed by atoms with Gasteiger partial charge < -0.3 is 33.8 Å². The Morgan fingerprint density at radius 1 is 0.260 bits per heavy atom. The van der Waals surface area contributed by atoms with Gasteiger partial charge in [-0.1, -0.05) is 395 Å². The van der Waals surface area contributed by atoms with Crippen LogP contribution in [-0.2, 0) is 65.4 Å². The Balaban J connectivity index is 5.26. The van der Waals surface area contributed by atoms with Crippen LogP contribution in [0.1, 0.15) is 447 Å². The average Bonchev–Trinajstić information content (AvgIpc) is 0.903. The molecule has 0 aliphatic heterocycles. The van der Waals surface area contributed by atoms with Gasteiger partial charge in [0.2, 0.25) is 0 Å². The van der Waals surface area contributed by atoms with Crippen molar-refractivity contribution in [2.24, 2.45) is 17.8 Å². The molecule has 19 heteroatoms. The molecular weight excluding hydrogens is 1350 g/mol. The van der Waals surface area contributed by atoms with Gasteiger partial charge in [0.1, 0.15) is 19.3 Å². The van der Waals surface area contributed by atoms with Crippen molar-refractivity contribution >= 4 is 39.5 Å². The maximum absolute atomic E-state index is 13.1. The molecule has 0 radical (unpaired) electrons. The zero-order chi connectivity index (χ0) is 76.5. The van der Waals surface area contributed by atoms with Crippen LogP contribution < -0.4 is 0 Å². The second-order valence-corrected chi connectivity index (χ2v) is 34.9. The molecule has 0 aromatic rings. The lowest BCUT2D eigenvalue weighted by Gasteiger charge is -2.21. The molecule has 618 valence electrons. The monoisotopic (exact) mass is 1520 g/mol. The molecule has 104 heavy (non-hydrogen) atoms. The summed E-state index contributed by atoms with van der Waals surface area (Å²) in [4.78, 5) is 73.2. The molecule has 0 spiro atoms. The molecule has 0 amide bonds. The minimum absolute atomic E-state index is 0.108. The number of rotatable bonds is 83. The van der Waals surface area contributed by atoms with E-state index in [4.69, 9.17) is 37.0 Å². The van der Waals surface area contributed by atoms with Gasteiger partial charge in [0.25, 0.3) is 0 Å². The Hall–Kier alpha value is -1.94. The van der Waals surface area contributed by atoms with Crippen LogP contribution in [0.3, 0.4) is 0 Å². The molecule has 0 rings (SSSR count). The number of esters is 4. The van der Waals surface area contributed by atoms with E-state index < -0.39 is 97.5 Å². The number of aliphatic hydroxyl groups is 1. The van der Waals surface area contributed by atoms with Crippen molar-refractivity contribution in [3.05, 3.63) is 0 Å². The number of phosphoric acid groups is 2. The number of carbonyl (C=O) groups excluding carboxylic acids is 4. The quantitative estimate of drug-likeness (QED) is 0.0222. The molecule has 0 fully saturated rings. The van der Waals surface area contributed by atoms with Crippen molar-refractivity contribution in [2.75, 3.05) is 39.6 Å². The largest absolute Gasteiger partial charge is 0.472 e. The Kier molecular flexibility index (Phi) is 73.7. The van der Waals surface area contributed by atoms with Crippen LogP contribution in [0.15, 0.2) is 0 Å². The molecule has 17 nitrogen and oxygen atoms in total. The maximum Gasteiger partial charge on any atom is 0.472 e. The minimum atomic E-state index is -4.97. The van der Waals surface area contributed by atoms with Crippen molar-refractivity contribution in [3.63, 3.8) is 0 Å². The van der Waals surface area contributed by atoms with E-state index in [1.165, 1.54) is 257 Å². The van der Waals surface area contributed by atoms with Crippen molar-refractivity contribution in [1.82, 2.24) is 0 Å². The molecule has 0 aromatic carbocycles. The van der Waals surface area contributed by atoms with Gasteiger partial charge in [0.15, 0.2) is 12.2 Å². The van der Waals surface area contributed by atoms with E-state index >= 15 is 0 Å². The molecule has 0 aliphatic rings. The SMILES string of the molecule is CCCCCCCCCCCCCCCCC(=O)O[C@H](COC(=O)CCCCCCCCCCCCC(C)C)COP(=O)(O)OC[C@H](O)COP(=O)(O)OC[C@@H](COC(=O)CCCCCCCCCCCCCCCCCC(C)C)OC(=O)CCCCCCCCCCCCCCCCCCC(C)C. The van der Waals surface area contributed by atoms with E-state index in [1.54, 1.807) is 0 Å². The third-order valence-corrected chi connectivity index (χ3v) is 21.8. The summed E-state index contributed by atoms with van der Waals surface area (Å²) in [5, 5.41) is 10.7. The zero-order valence-electron chi connectivity index (χ0n) is 68.5. The highest BCUT2D eigenvalue weighted by atomic mass is 31.2. The third-order valence-electron chi connectivity index (χ3n) is 19.9. The first-order chi connectivity index (χ1) is 50.2. The normalized spacial score (nSPS) is 13.9. The van der Waals surface area contributed by atoms with Gasteiger partial charge in [-0.2, -0.15) is 0 Å². The first-order valence-electron chi connectivity index (χ1n) is 43.8. The molecule has 0 saturated heterocycles. The predicted molar refractivity (Wildman–Crippen MR) is 428 cm³/mol. The molecule has 0 heterocycles. The number of phosphoric ester groups is 2. The molecule has 0 saturated carbocycles. The molecule has 2 unspecified atom stereocenters. The smallest absolute Gasteiger partial charge is 0.462 e. The van der Waals surface area contributed by atoms with Crippen LogP contribution >= 0.6 is 15.6 Å². The minimum Gasteiger partial charge on any atom is -0.462 e. The second-order valence-electron chi connectivity index (χ2n) is 32.0. The summed E-state index contributed by atoms with van der Waals surface area (Å²) in [5.74, 6) is 0.271. The van der Waals surface area contributed by atoms with Gasteiger partial charge in [-0.3, -0.25) is 37.3 Å². The predicted octanol–water partition coefficient (Wildman–Crippen LogP) is 25.7. The van der Waals surface area contributed by atoms with E-state index in [0.717, 1.165) is 108 Å². The molecule has 0 aromatic heterocycles. The highest BCUT2D eigenvalue weighted by molar-refractivity contribution is 7.47. The van der Waals surface area contributed by atoms with Crippen LogP contribution in [0.5, 0.6) is 0 Å². The van der Waals surface area contributed by atoms with Crippen LogP contribution in [0.25, 0.3) is 0 Å². The van der Waals surface area contributed by atoms with E-state index in [2.05, 4.69) is 48.5 Å². The van der Waals surface area contributed by atoms with Gasteiger partial charge >= 0.3 is 39.5 Å². The van der Waals surface area contributed by atoms with Gasteiger partial charge in [-0.25, -0.2) is 9.13 Å². The number of aliphatic hydroxyl groups excluding tert-OH is 1. The second kappa shape index (κ2) is 75.1. The van der Waals surface area contributed by atoms with E-state index in [1.807, 2.05) is 0 Å². The molecular formula is C85H166O17P2. The Morgan fingerprint density at radius 2 is 0.442 bits per heavy atom. The van der Waals surface area contributed by atoms with Crippen LogP contribution in [-0.4, -0.2) is 96.7 Å². The summed E-state index contributed by atoms with van der Waals surface area (Å²) < 4.78 is 68.9. The van der Waals surface area contributed by atoms with E-state index in [-0.39, 0.29) is 25.7 Å². The topological polar surface area (TPSA) is 237 Å². The lowest BCUT2D eigenvalue weighted by molar-refractivity contribution is -0.161. The summed E-state index contributed by atoms with van der Waals surface area (Å²) in [5.41, 5.74) is 0. The number of hydrogen-bond donors (Lipinski definition) is 3. The summed E-state index contributed by atoms with van der Waals surface area (Å²) in [6.07, 6.45) is 65.1. The van der Waals surface area contributed by atoms with Crippen LogP contribution in [0, 0.1) is 17.8 Å². The number of ether oxygens (including phenoxy) is 4. The van der Waals surface area contributed by atoms with E-state index in [9.17, 15) is 43.2 Å². The van der Waals surface area contributed by atoms with Crippen LogP contribution in [0.4, 0.5) is 0 Å². The zero-order valence-corrected chi connectivity index (χ0v) is 70.3. The maximum atomic E-state index is 13.1. The Bertz CT molecular complexity index is 2010. The lowest BCUT2D eigenvalue weighted by Crippen LogP contribution is -2.30. The fourth-order valence-electron chi connectivity index (χ4n) is 13.2. The molecule has 5 atom stereocenters. The third kappa shape index (κ3) is 78.2. The van der Waals surface area contributed by atoms with E-state index in [0.29, 0.717) is 25.7 Å². The van der Waals surface area contributed by atoms with Gasteiger partial charge in [0, 0.05) is 25.7 Å². The fourth-order valence-corrected chi connectivity index (χ4v) is 14.8. The fraction of sp³-hybridized carbons (Fsp3) is 0.953. The molecule has 3 N–H and O–H groups in total. The molecule has 0 bridgehead atoms. The van der Waals surface area contributed by atoms with Crippen molar-refractivity contribution in [2.45, 2.75) is 465 Å². The van der Waals surface area contributed by atoms with Gasteiger partial charge in [0.05, 0.1) is 26.4 Å². The van der Waals surface area contributed by atoms with Gasteiger partial charge in [-0.15, -0.1) is 0 Å². The Labute approximate surface area is 638 Å². The number of unbranched alkanes of at least 4 members (excludes halogenated alkanes) is 51. The standard InChI is InChI=1S/C85H166O17P2/c1-8-9-10-11-12-13-14-15-25-31-40-47-54-61-68-84(89)102-81(73-96-83(88)67-60-53-46-39-34-33-37-44-51-58-65-78(6)7)75-100-104(93,94)98-71-79(86)70-97-103(91,92)99-74-80(72-95-82(87)66-59-52-45-38-30-26-22-18-20-24-29-36-43-50-57-64-77(4)5)101-85(90)69-62-55-48-41-32-27-21-17-16-19-23-28-35-42-49-56-63-76(2)3/h76-81,86H,8-75H2,1-7H3,(H,91,92)(H,93,94)/t79-,80-,81-/m1/s1. The van der Waals surface area contributed by atoms with Crippen LogP contribution in [0.2, 0.25) is 0 Å². The summed E-state index contributed by atoms with van der Waals surface area (Å²) >= 11 is 0.